The van der Waals surface area contributed by atoms with Crippen LogP contribution in [0.25, 0.3) is 0 Å². The summed E-state index contributed by atoms with van der Waals surface area (Å²) in [6, 6.07) is 3.94. The summed E-state index contributed by atoms with van der Waals surface area (Å²) >= 11 is 3.00. The largest absolute Gasteiger partial charge is 0.872 e. The molecule has 0 aliphatic rings. The number of Topliss-reactive ketones (excluding diaryl/α,β-unsaturated/α-hetero) is 1. The van der Waals surface area contributed by atoms with Gasteiger partial charge in [-0.05, 0) is 6.07 Å². The highest BCUT2D eigenvalue weighted by atomic mass is 79.9. The topological polar surface area (TPSA) is 57.2 Å². The van der Waals surface area contributed by atoms with E-state index in [1.54, 1.807) is 0 Å². The average Bonchev–Trinajstić information content (AvgIpc) is 2.17. The molecule has 0 aliphatic carbocycles. The number of rotatable bonds is 3. The van der Waals surface area contributed by atoms with E-state index >= 15 is 0 Å². The number of alkyl halides is 1. The summed E-state index contributed by atoms with van der Waals surface area (Å²) in [6.45, 7) is 0. The summed E-state index contributed by atoms with van der Waals surface area (Å²) in [5.41, 5.74) is 0.394. The minimum Gasteiger partial charge on any atom is -0.872 e. The Labute approximate surface area is 83.5 Å². The maximum absolute atomic E-state index is 11.1. The second-order valence-corrected chi connectivity index (χ2v) is 2.99. The van der Waals surface area contributed by atoms with Crippen LogP contribution in [0, 0.1) is 0 Å². The molecule has 4 heteroatoms. The molecule has 1 aromatic rings. The molecular formula is C9H6BrO3-. The summed E-state index contributed by atoms with van der Waals surface area (Å²) in [4.78, 5) is 21.5. The van der Waals surface area contributed by atoms with Crippen molar-refractivity contribution in [2.75, 3.05) is 5.33 Å². The van der Waals surface area contributed by atoms with Gasteiger partial charge in [-0.1, -0.05) is 33.8 Å². The van der Waals surface area contributed by atoms with Gasteiger partial charge in [0.2, 0.25) is 0 Å². The van der Waals surface area contributed by atoms with Crippen LogP contribution in [0.15, 0.2) is 18.2 Å². The lowest BCUT2D eigenvalue weighted by atomic mass is 10.1. The van der Waals surface area contributed by atoms with Crippen molar-refractivity contribution in [2.45, 2.75) is 0 Å². The van der Waals surface area contributed by atoms with Crippen molar-refractivity contribution in [1.82, 2.24) is 0 Å². The highest BCUT2D eigenvalue weighted by molar-refractivity contribution is 9.09. The molecule has 3 nitrogen and oxygen atoms in total. The fraction of sp³-hybridized carbons (Fsp3) is 0.111. The van der Waals surface area contributed by atoms with Crippen molar-refractivity contribution in [2.24, 2.45) is 0 Å². The quantitative estimate of drug-likeness (QED) is 0.453. The molecule has 1 rings (SSSR count). The molecule has 0 radical (unpaired) electrons. The number of ketones is 1. The normalized spacial score (nSPS) is 9.62. The molecule has 0 aromatic heterocycles. The Morgan fingerprint density at radius 1 is 1.54 bits per heavy atom. The first-order chi connectivity index (χ1) is 6.19. The molecular weight excluding hydrogens is 236 g/mol. The zero-order valence-corrected chi connectivity index (χ0v) is 8.21. The Balaban J connectivity index is 3.13. The molecule has 0 saturated heterocycles. The van der Waals surface area contributed by atoms with E-state index < -0.39 is 0 Å². The van der Waals surface area contributed by atoms with Gasteiger partial charge in [-0.25, -0.2) is 0 Å². The molecule has 0 amide bonds. The molecule has 0 bridgehead atoms. The third kappa shape index (κ3) is 2.15. The van der Waals surface area contributed by atoms with Crippen LogP contribution < -0.4 is 5.11 Å². The Morgan fingerprint density at radius 2 is 2.23 bits per heavy atom. The molecule has 68 valence electrons. The number of aldehydes is 1. The first-order valence-electron chi connectivity index (χ1n) is 3.54. The number of carbonyl (C=O) groups excluding carboxylic acids is 2. The van der Waals surface area contributed by atoms with Crippen LogP contribution in [0.1, 0.15) is 20.7 Å². The van der Waals surface area contributed by atoms with E-state index in [4.69, 9.17) is 0 Å². The summed E-state index contributed by atoms with van der Waals surface area (Å²) in [6.07, 6.45) is 0.452. The summed E-state index contributed by atoms with van der Waals surface area (Å²) < 4.78 is 0. The number of benzene rings is 1. The van der Waals surface area contributed by atoms with Gasteiger partial charge in [0.1, 0.15) is 6.29 Å². The second kappa shape index (κ2) is 4.18. The van der Waals surface area contributed by atoms with Crippen molar-refractivity contribution < 1.29 is 14.7 Å². The Morgan fingerprint density at radius 3 is 2.77 bits per heavy atom. The third-order valence-electron chi connectivity index (χ3n) is 1.58. The van der Waals surface area contributed by atoms with E-state index in [9.17, 15) is 14.7 Å². The lowest BCUT2D eigenvalue weighted by molar-refractivity contribution is -0.268. The Bertz CT molecular complexity index is 347. The number of hydrogen-bond acceptors (Lipinski definition) is 3. The minimum absolute atomic E-state index is 0.0202. The van der Waals surface area contributed by atoms with Crippen LogP contribution in [0.2, 0.25) is 0 Å². The molecule has 0 aliphatic heterocycles. The van der Waals surface area contributed by atoms with Crippen molar-refractivity contribution in [3.8, 4) is 5.75 Å². The molecule has 0 fully saturated rings. The van der Waals surface area contributed by atoms with Crippen LogP contribution in [0.5, 0.6) is 5.75 Å². The van der Waals surface area contributed by atoms with Gasteiger partial charge < -0.3 is 5.11 Å². The highest BCUT2D eigenvalue weighted by Crippen LogP contribution is 2.14. The molecule has 0 N–H and O–H groups in total. The first-order valence-corrected chi connectivity index (χ1v) is 4.66. The number of carbonyl (C=O) groups is 2. The van der Waals surface area contributed by atoms with Gasteiger partial charge >= 0.3 is 0 Å². The smallest absolute Gasteiger partial charge is 0.173 e. The maximum Gasteiger partial charge on any atom is 0.173 e. The molecule has 0 spiro atoms. The standard InChI is InChI=1S/C9H7BrO3/c10-4-9(13)6-1-2-8(12)7(3-6)5-11/h1-3,5,12H,4H2/p-1. The zero-order valence-electron chi connectivity index (χ0n) is 6.62. The fourth-order valence-electron chi connectivity index (χ4n) is 0.891. The molecule has 0 unspecified atom stereocenters. The van der Waals surface area contributed by atoms with Gasteiger partial charge in [0.25, 0.3) is 0 Å². The Hall–Kier alpha value is -1.16. The predicted molar refractivity (Wildman–Crippen MR) is 49.4 cm³/mol. The highest BCUT2D eigenvalue weighted by Gasteiger charge is 2.04. The SMILES string of the molecule is O=Cc1cc(C(=O)CBr)ccc1[O-]. The molecule has 0 heterocycles. The summed E-state index contributed by atoms with van der Waals surface area (Å²) in [7, 11) is 0. The van der Waals surface area contributed by atoms with Crippen molar-refractivity contribution in [3.05, 3.63) is 29.3 Å². The lowest BCUT2D eigenvalue weighted by Crippen LogP contribution is -2.03. The average molecular weight is 242 g/mol. The van der Waals surface area contributed by atoms with E-state index in [-0.39, 0.29) is 22.4 Å². The second-order valence-electron chi connectivity index (χ2n) is 2.43. The monoisotopic (exact) mass is 241 g/mol. The molecule has 13 heavy (non-hydrogen) atoms. The van der Waals surface area contributed by atoms with E-state index in [0.29, 0.717) is 11.8 Å². The number of halogens is 1. The minimum atomic E-state index is -0.360. The van der Waals surface area contributed by atoms with Crippen molar-refractivity contribution in [1.29, 1.82) is 0 Å². The van der Waals surface area contributed by atoms with Gasteiger partial charge in [0.15, 0.2) is 5.78 Å². The molecule has 0 saturated carbocycles. The van der Waals surface area contributed by atoms with E-state index in [2.05, 4.69) is 15.9 Å². The maximum atomic E-state index is 11.1. The van der Waals surface area contributed by atoms with Crippen LogP contribution in [-0.4, -0.2) is 17.4 Å². The Kier molecular flexibility index (Phi) is 3.19. The van der Waals surface area contributed by atoms with Crippen LogP contribution in [0.3, 0.4) is 0 Å². The molecule has 0 atom stereocenters. The van der Waals surface area contributed by atoms with E-state index in [1.807, 2.05) is 0 Å². The van der Waals surface area contributed by atoms with Crippen LogP contribution in [0.4, 0.5) is 0 Å². The summed E-state index contributed by atoms with van der Waals surface area (Å²) in [5.74, 6) is -0.510. The predicted octanol–water partition coefficient (Wildman–Crippen LogP) is 1.15. The van der Waals surface area contributed by atoms with Crippen molar-refractivity contribution in [3.63, 3.8) is 0 Å². The van der Waals surface area contributed by atoms with Gasteiger partial charge in [0.05, 0.1) is 5.33 Å². The van der Waals surface area contributed by atoms with Crippen LogP contribution in [-0.2, 0) is 0 Å². The summed E-state index contributed by atoms with van der Waals surface area (Å²) in [5, 5.41) is 11.1. The van der Waals surface area contributed by atoms with Crippen LogP contribution >= 0.6 is 15.9 Å². The van der Waals surface area contributed by atoms with E-state index in [1.165, 1.54) is 18.2 Å². The van der Waals surface area contributed by atoms with E-state index in [0.717, 1.165) is 0 Å². The fourth-order valence-corrected chi connectivity index (χ4v) is 1.21. The van der Waals surface area contributed by atoms with Gasteiger partial charge in [0, 0.05) is 11.1 Å². The van der Waals surface area contributed by atoms with Crippen molar-refractivity contribution >= 4 is 28.0 Å². The van der Waals surface area contributed by atoms with Gasteiger partial charge in [-0.15, -0.1) is 0 Å². The number of hydrogen-bond donors (Lipinski definition) is 0. The van der Waals surface area contributed by atoms with Gasteiger partial charge in [-0.2, -0.15) is 0 Å². The zero-order chi connectivity index (χ0) is 9.84. The lowest BCUT2D eigenvalue weighted by Gasteiger charge is -2.08. The van der Waals surface area contributed by atoms with Gasteiger partial charge in [-0.3, -0.25) is 9.59 Å². The molecule has 1 aromatic carbocycles. The third-order valence-corrected chi connectivity index (χ3v) is 2.09. The first kappa shape index (κ1) is 9.92.